The first-order valence-corrected chi connectivity index (χ1v) is 10.8. The van der Waals surface area contributed by atoms with Crippen molar-refractivity contribution in [3.8, 4) is 11.3 Å². The molecule has 2 aliphatic rings. The van der Waals surface area contributed by atoms with Gasteiger partial charge in [0.25, 0.3) is 0 Å². The minimum absolute atomic E-state index is 0.283. The smallest absolute Gasteiger partial charge is 0.407 e. The molecule has 0 saturated carbocycles. The van der Waals surface area contributed by atoms with E-state index in [2.05, 4.69) is 53.6 Å². The van der Waals surface area contributed by atoms with E-state index in [1.807, 2.05) is 18.2 Å². The van der Waals surface area contributed by atoms with Gasteiger partial charge in [-0.2, -0.15) is 0 Å². The Kier molecular flexibility index (Phi) is 4.74. The van der Waals surface area contributed by atoms with Gasteiger partial charge in [0.05, 0.1) is 11.4 Å². The zero-order chi connectivity index (χ0) is 20.8. The minimum Gasteiger partial charge on any atom is -0.465 e. The molecule has 2 aromatic heterocycles. The molecule has 1 N–H and O–H groups in total. The second-order valence-corrected chi connectivity index (χ2v) is 8.86. The van der Waals surface area contributed by atoms with E-state index < -0.39 is 6.09 Å². The van der Waals surface area contributed by atoms with Gasteiger partial charge in [-0.25, -0.2) is 9.78 Å². The van der Waals surface area contributed by atoms with Gasteiger partial charge in [-0.1, -0.05) is 44.2 Å². The normalized spacial score (nSPS) is 21.6. The third-order valence-electron chi connectivity index (χ3n) is 6.72. The summed E-state index contributed by atoms with van der Waals surface area (Å²) in [6.45, 7) is 6.40. The van der Waals surface area contributed by atoms with Gasteiger partial charge in [0, 0.05) is 43.5 Å². The van der Waals surface area contributed by atoms with Crippen LogP contribution in [0.1, 0.15) is 43.9 Å². The first kappa shape index (κ1) is 19.1. The molecule has 0 spiro atoms. The molecule has 0 aliphatic carbocycles. The Hall–Kier alpha value is -2.86. The number of hydrogen-bond acceptors (Lipinski definition) is 3. The fourth-order valence-electron chi connectivity index (χ4n) is 5.03. The van der Waals surface area contributed by atoms with Crippen LogP contribution in [-0.4, -0.2) is 55.6 Å². The van der Waals surface area contributed by atoms with Crippen molar-refractivity contribution in [2.75, 3.05) is 13.1 Å². The molecule has 156 valence electrons. The summed E-state index contributed by atoms with van der Waals surface area (Å²) >= 11 is 0. The number of carbonyl (C=O) groups is 1. The monoisotopic (exact) mass is 404 g/mol. The summed E-state index contributed by atoms with van der Waals surface area (Å²) in [4.78, 5) is 20.5. The number of rotatable bonds is 4. The predicted molar refractivity (Wildman–Crippen MR) is 117 cm³/mol. The van der Waals surface area contributed by atoms with E-state index in [-0.39, 0.29) is 12.1 Å². The van der Waals surface area contributed by atoms with Crippen molar-refractivity contribution in [3.63, 3.8) is 0 Å². The summed E-state index contributed by atoms with van der Waals surface area (Å²) in [6.07, 6.45) is 3.40. The Labute approximate surface area is 176 Å². The standard InChI is InChI=1S/C24H28N4O2/c1-16(2)17-6-8-18(9-7-17)23-21(27-12-4-3-5-22(27)25-23)15-28-19-10-11-20(28)14-26(13-19)24(29)30/h3-9,12,16,19-20H,10-11,13-15H2,1-2H3,(H,29,30). The number of piperazine rings is 1. The van der Waals surface area contributed by atoms with Gasteiger partial charge in [0.15, 0.2) is 0 Å². The zero-order valence-corrected chi connectivity index (χ0v) is 17.5. The van der Waals surface area contributed by atoms with Crippen LogP contribution in [0.2, 0.25) is 0 Å². The molecule has 2 fully saturated rings. The molecule has 0 radical (unpaired) electrons. The highest BCUT2D eigenvalue weighted by Gasteiger charge is 2.41. The highest BCUT2D eigenvalue weighted by molar-refractivity contribution is 5.67. The second-order valence-electron chi connectivity index (χ2n) is 8.86. The van der Waals surface area contributed by atoms with E-state index in [1.165, 1.54) is 11.3 Å². The lowest BCUT2D eigenvalue weighted by Gasteiger charge is -2.39. The Bertz CT molecular complexity index is 1060. The number of imidazole rings is 1. The number of amides is 1. The number of benzene rings is 1. The molecule has 1 aromatic carbocycles. The fraction of sp³-hybridized carbons (Fsp3) is 0.417. The Balaban J connectivity index is 1.51. The van der Waals surface area contributed by atoms with Gasteiger partial charge in [-0.3, -0.25) is 4.90 Å². The van der Waals surface area contributed by atoms with Gasteiger partial charge < -0.3 is 14.4 Å². The van der Waals surface area contributed by atoms with Crippen molar-refractivity contribution in [1.29, 1.82) is 0 Å². The molecule has 6 nitrogen and oxygen atoms in total. The van der Waals surface area contributed by atoms with Crippen LogP contribution < -0.4 is 0 Å². The van der Waals surface area contributed by atoms with E-state index >= 15 is 0 Å². The third-order valence-corrected chi connectivity index (χ3v) is 6.72. The predicted octanol–water partition coefficient (Wildman–Crippen LogP) is 4.45. The number of pyridine rings is 1. The molecule has 2 atom stereocenters. The topological polar surface area (TPSA) is 61.1 Å². The first-order chi connectivity index (χ1) is 14.5. The van der Waals surface area contributed by atoms with Gasteiger partial charge >= 0.3 is 6.09 Å². The summed E-state index contributed by atoms with van der Waals surface area (Å²) in [7, 11) is 0. The van der Waals surface area contributed by atoms with Crippen LogP contribution in [0, 0.1) is 0 Å². The summed E-state index contributed by atoms with van der Waals surface area (Å²) in [6, 6.07) is 15.4. The lowest BCUT2D eigenvalue weighted by atomic mass is 10.00. The van der Waals surface area contributed by atoms with Crippen molar-refractivity contribution in [2.45, 2.75) is 51.2 Å². The molecular formula is C24H28N4O2. The second kappa shape index (κ2) is 7.43. The fourth-order valence-corrected chi connectivity index (χ4v) is 5.03. The van der Waals surface area contributed by atoms with E-state index in [4.69, 9.17) is 4.98 Å². The van der Waals surface area contributed by atoms with E-state index in [9.17, 15) is 9.90 Å². The first-order valence-electron chi connectivity index (χ1n) is 10.8. The number of aromatic nitrogens is 2. The number of hydrogen-bond donors (Lipinski definition) is 1. The molecule has 2 bridgehead atoms. The average molecular weight is 405 g/mol. The van der Waals surface area contributed by atoms with E-state index in [0.717, 1.165) is 36.3 Å². The highest BCUT2D eigenvalue weighted by atomic mass is 16.4. The zero-order valence-electron chi connectivity index (χ0n) is 17.5. The van der Waals surface area contributed by atoms with Gasteiger partial charge in [0.2, 0.25) is 0 Å². The lowest BCUT2D eigenvalue weighted by molar-refractivity contribution is 0.0576. The lowest BCUT2D eigenvalue weighted by Crippen LogP contribution is -2.54. The maximum absolute atomic E-state index is 11.5. The minimum atomic E-state index is -0.799. The summed E-state index contributed by atoms with van der Waals surface area (Å²) in [5, 5.41) is 9.43. The van der Waals surface area contributed by atoms with Crippen LogP contribution in [-0.2, 0) is 6.54 Å². The van der Waals surface area contributed by atoms with E-state index in [1.54, 1.807) is 4.90 Å². The molecule has 2 saturated heterocycles. The van der Waals surface area contributed by atoms with Crippen molar-refractivity contribution in [1.82, 2.24) is 19.2 Å². The molecular weight excluding hydrogens is 376 g/mol. The molecule has 2 unspecified atom stereocenters. The molecule has 6 heteroatoms. The van der Waals surface area contributed by atoms with Crippen molar-refractivity contribution in [2.24, 2.45) is 0 Å². The number of fused-ring (bicyclic) bond motifs is 3. The van der Waals surface area contributed by atoms with Crippen LogP contribution in [0.4, 0.5) is 4.79 Å². The van der Waals surface area contributed by atoms with Crippen molar-refractivity contribution >= 4 is 11.7 Å². The number of carboxylic acid groups (broad SMARTS) is 1. The van der Waals surface area contributed by atoms with Crippen molar-refractivity contribution < 1.29 is 9.90 Å². The number of likely N-dealkylation sites (tertiary alicyclic amines) is 1. The largest absolute Gasteiger partial charge is 0.465 e. The van der Waals surface area contributed by atoms with Crippen molar-refractivity contribution in [3.05, 3.63) is 59.9 Å². The SMILES string of the molecule is CC(C)c1ccc(-c2nc3ccccn3c2CN2C3CCC2CN(C(=O)O)C3)cc1. The summed E-state index contributed by atoms with van der Waals surface area (Å²) in [5.74, 6) is 0.501. The molecule has 2 aliphatic heterocycles. The van der Waals surface area contributed by atoms with Gasteiger partial charge in [0.1, 0.15) is 5.65 Å². The Morgan fingerprint density at radius 3 is 2.43 bits per heavy atom. The summed E-state index contributed by atoms with van der Waals surface area (Å²) in [5.41, 5.74) is 5.62. The molecule has 3 aromatic rings. The Morgan fingerprint density at radius 1 is 1.10 bits per heavy atom. The maximum atomic E-state index is 11.5. The molecule has 30 heavy (non-hydrogen) atoms. The molecule has 4 heterocycles. The van der Waals surface area contributed by atoms with Gasteiger partial charge in [-0.15, -0.1) is 0 Å². The quantitative estimate of drug-likeness (QED) is 0.698. The summed E-state index contributed by atoms with van der Waals surface area (Å²) < 4.78 is 2.19. The molecule has 1 amide bonds. The van der Waals surface area contributed by atoms with Crippen LogP contribution in [0.15, 0.2) is 48.7 Å². The van der Waals surface area contributed by atoms with Gasteiger partial charge in [-0.05, 0) is 36.5 Å². The van der Waals surface area contributed by atoms with Crippen LogP contribution >= 0.6 is 0 Å². The van der Waals surface area contributed by atoms with Crippen LogP contribution in [0.25, 0.3) is 16.9 Å². The third kappa shape index (κ3) is 3.25. The van der Waals surface area contributed by atoms with Crippen LogP contribution in [0.3, 0.4) is 0 Å². The highest BCUT2D eigenvalue weighted by Crippen LogP contribution is 2.34. The maximum Gasteiger partial charge on any atom is 0.407 e. The average Bonchev–Trinajstić information content (AvgIpc) is 3.21. The van der Waals surface area contributed by atoms with Crippen LogP contribution in [0.5, 0.6) is 0 Å². The Morgan fingerprint density at radius 2 is 1.80 bits per heavy atom. The number of nitrogens with zero attached hydrogens (tertiary/aromatic N) is 4. The molecule has 5 rings (SSSR count). The van der Waals surface area contributed by atoms with E-state index in [0.29, 0.717) is 19.0 Å².